The van der Waals surface area contributed by atoms with Crippen LogP contribution in [0.15, 0.2) is 61.8 Å². The van der Waals surface area contributed by atoms with Gasteiger partial charge in [-0.25, -0.2) is 9.61 Å². The summed E-state index contributed by atoms with van der Waals surface area (Å²) in [4.78, 5) is 8.73. The summed E-state index contributed by atoms with van der Waals surface area (Å²) in [5.74, 6) is 1.98. The van der Waals surface area contributed by atoms with Crippen LogP contribution in [0.1, 0.15) is 5.56 Å². The standard InChI is InChI=1S/C19H16BrN7O3/c1-28-14-8-7-11(9-12(14)20)10-21-25-17-16(23-18-19(24-17)27-30-26-18)22-13-5-3-4-6-15(13)29-2/h3-9H,10H2,1-2H3,(H,22,23,26). The molecule has 0 spiro atoms. The van der Waals surface area contributed by atoms with Crippen molar-refractivity contribution >= 4 is 44.5 Å². The molecule has 0 aliphatic carbocycles. The van der Waals surface area contributed by atoms with Crippen molar-refractivity contribution in [2.24, 2.45) is 10.2 Å². The number of para-hydroxylation sites is 2. The summed E-state index contributed by atoms with van der Waals surface area (Å²) in [5, 5.41) is 19.1. The summed E-state index contributed by atoms with van der Waals surface area (Å²) in [7, 11) is 3.20. The molecule has 4 rings (SSSR count). The Morgan fingerprint density at radius 2 is 1.77 bits per heavy atom. The minimum absolute atomic E-state index is 0.238. The van der Waals surface area contributed by atoms with Gasteiger partial charge in [-0.3, -0.25) is 0 Å². The van der Waals surface area contributed by atoms with Gasteiger partial charge in [0.15, 0.2) is 5.82 Å². The second-order valence-electron chi connectivity index (χ2n) is 6.00. The van der Waals surface area contributed by atoms with Crippen LogP contribution in [0.2, 0.25) is 0 Å². The van der Waals surface area contributed by atoms with Crippen LogP contribution in [0.3, 0.4) is 0 Å². The van der Waals surface area contributed by atoms with E-state index in [9.17, 15) is 0 Å². The molecule has 2 heterocycles. The van der Waals surface area contributed by atoms with Crippen LogP contribution in [0, 0.1) is 0 Å². The number of aromatic nitrogens is 4. The molecule has 0 radical (unpaired) electrons. The van der Waals surface area contributed by atoms with Crippen molar-refractivity contribution in [3.8, 4) is 11.5 Å². The van der Waals surface area contributed by atoms with Gasteiger partial charge in [-0.2, -0.15) is 10.1 Å². The molecule has 0 unspecified atom stereocenters. The van der Waals surface area contributed by atoms with Crippen molar-refractivity contribution in [1.29, 1.82) is 0 Å². The summed E-state index contributed by atoms with van der Waals surface area (Å²) in [6.07, 6.45) is 0. The van der Waals surface area contributed by atoms with E-state index in [-0.39, 0.29) is 17.1 Å². The predicted octanol–water partition coefficient (Wildman–Crippen LogP) is 4.82. The first-order valence-corrected chi connectivity index (χ1v) is 9.57. The van der Waals surface area contributed by atoms with Crippen molar-refractivity contribution in [2.75, 3.05) is 19.5 Å². The van der Waals surface area contributed by atoms with Gasteiger partial charge in [-0.1, -0.05) is 18.2 Å². The lowest BCUT2D eigenvalue weighted by atomic mass is 10.2. The van der Waals surface area contributed by atoms with E-state index in [0.717, 1.165) is 15.8 Å². The molecule has 2 aromatic heterocycles. The zero-order valence-electron chi connectivity index (χ0n) is 16.0. The topological polar surface area (TPSA) is 120 Å². The molecule has 2 aromatic carbocycles. The number of anilines is 2. The van der Waals surface area contributed by atoms with Crippen LogP contribution in [0.5, 0.6) is 11.5 Å². The first-order chi connectivity index (χ1) is 14.7. The lowest BCUT2D eigenvalue weighted by Gasteiger charge is -2.10. The third-order valence-corrected chi connectivity index (χ3v) is 4.71. The van der Waals surface area contributed by atoms with Crippen molar-refractivity contribution in [3.63, 3.8) is 0 Å². The molecule has 0 aliphatic rings. The maximum Gasteiger partial charge on any atom is 0.245 e. The number of benzene rings is 2. The number of halogens is 1. The Labute approximate surface area is 179 Å². The largest absolute Gasteiger partial charge is 0.496 e. The van der Waals surface area contributed by atoms with Gasteiger partial charge in [0.2, 0.25) is 17.1 Å². The van der Waals surface area contributed by atoms with E-state index in [1.54, 1.807) is 14.2 Å². The fourth-order valence-electron chi connectivity index (χ4n) is 2.65. The molecule has 11 heteroatoms. The van der Waals surface area contributed by atoms with E-state index in [0.29, 0.717) is 23.8 Å². The molecule has 0 saturated heterocycles. The van der Waals surface area contributed by atoms with Gasteiger partial charge in [-0.15, -0.1) is 5.11 Å². The second-order valence-corrected chi connectivity index (χ2v) is 6.86. The fourth-order valence-corrected chi connectivity index (χ4v) is 3.24. The summed E-state index contributed by atoms with van der Waals surface area (Å²) in [5.41, 5.74) is 2.13. The molecular formula is C19H16BrN7O3. The number of fused-ring (bicyclic) bond motifs is 1. The lowest BCUT2D eigenvalue weighted by molar-refractivity contribution is 0.314. The average Bonchev–Trinajstić information content (AvgIpc) is 3.21. The van der Waals surface area contributed by atoms with Gasteiger partial charge in [0.1, 0.15) is 11.5 Å². The molecule has 0 aliphatic heterocycles. The Hall–Kier alpha value is -3.60. The Morgan fingerprint density at radius 3 is 2.53 bits per heavy atom. The lowest BCUT2D eigenvalue weighted by Crippen LogP contribution is -1.99. The summed E-state index contributed by atoms with van der Waals surface area (Å²) in [6, 6.07) is 13.1. The number of methoxy groups -OCH3 is 2. The Bertz CT molecular complexity index is 1210. The van der Waals surface area contributed by atoms with E-state index in [2.05, 4.69) is 51.8 Å². The number of nitrogens with one attached hydrogen (secondary N) is 1. The first kappa shape index (κ1) is 19.7. The molecule has 4 aromatic rings. The van der Waals surface area contributed by atoms with E-state index < -0.39 is 0 Å². The highest BCUT2D eigenvalue weighted by Gasteiger charge is 2.14. The molecule has 10 nitrogen and oxygen atoms in total. The smallest absolute Gasteiger partial charge is 0.245 e. The number of nitrogens with zero attached hydrogens (tertiary/aromatic N) is 6. The first-order valence-electron chi connectivity index (χ1n) is 8.78. The van der Waals surface area contributed by atoms with Crippen LogP contribution in [-0.4, -0.2) is 34.5 Å². The van der Waals surface area contributed by atoms with Crippen LogP contribution < -0.4 is 14.8 Å². The van der Waals surface area contributed by atoms with Crippen LogP contribution in [0.25, 0.3) is 11.3 Å². The number of ether oxygens (including phenoxy) is 2. The summed E-state index contributed by atoms with van der Waals surface area (Å²) >= 11 is 3.46. The van der Waals surface area contributed by atoms with Crippen molar-refractivity contribution < 1.29 is 14.1 Å². The Kier molecular flexibility index (Phi) is 5.80. The fraction of sp³-hybridized carbons (Fsp3) is 0.158. The monoisotopic (exact) mass is 469 g/mol. The molecule has 30 heavy (non-hydrogen) atoms. The van der Waals surface area contributed by atoms with Crippen molar-refractivity contribution in [3.05, 3.63) is 52.5 Å². The molecule has 0 amide bonds. The highest BCUT2D eigenvalue weighted by atomic mass is 79.9. The zero-order valence-corrected chi connectivity index (χ0v) is 17.6. The van der Waals surface area contributed by atoms with Crippen LogP contribution in [0.4, 0.5) is 17.3 Å². The second kappa shape index (κ2) is 8.82. The predicted molar refractivity (Wildman–Crippen MR) is 113 cm³/mol. The Morgan fingerprint density at radius 1 is 1.00 bits per heavy atom. The van der Waals surface area contributed by atoms with E-state index >= 15 is 0 Å². The number of hydrogen-bond donors (Lipinski definition) is 1. The van der Waals surface area contributed by atoms with E-state index in [1.165, 1.54) is 0 Å². The van der Waals surface area contributed by atoms with Crippen LogP contribution in [-0.2, 0) is 6.54 Å². The molecule has 0 bridgehead atoms. The third kappa shape index (κ3) is 4.20. The third-order valence-electron chi connectivity index (χ3n) is 4.09. The summed E-state index contributed by atoms with van der Waals surface area (Å²) in [6.45, 7) is 0.341. The van der Waals surface area contributed by atoms with Gasteiger partial charge >= 0.3 is 0 Å². The molecule has 152 valence electrons. The van der Waals surface area contributed by atoms with Gasteiger partial charge in [-0.05, 0) is 56.1 Å². The van der Waals surface area contributed by atoms with E-state index in [4.69, 9.17) is 14.1 Å². The minimum Gasteiger partial charge on any atom is -0.496 e. The molecule has 0 fully saturated rings. The maximum absolute atomic E-state index is 5.37. The highest BCUT2D eigenvalue weighted by molar-refractivity contribution is 9.10. The molecule has 0 saturated carbocycles. The van der Waals surface area contributed by atoms with E-state index in [1.807, 2.05) is 42.5 Å². The van der Waals surface area contributed by atoms with Gasteiger partial charge in [0, 0.05) is 0 Å². The SMILES string of the molecule is COc1ccc(CN=Nc2nc3nonc3nc2Nc2ccccc2OC)cc1Br. The quantitative estimate of drug-likeness (QED) is 0.382. The molecular weight excluding hydrogens is 454 g/mol. The van der Waals surface area contributed by atoms with Crippen LogP contribution >= 0.6 is 15.9 Å². The average molecular weight is 470 g/mol. The van der Waals surface area contributed by atoms with Gasteiger partial charge in [0.05, 0.1) is 30.9 Å². The highest BCUT2D eigenvalue weighted by Crippen LogP contribution is 2.31. The molecule has 1 N–H and O–H groups in total. The number of hydrogen-bond acceptors (Lipinski definition) is 10. The number of azo groups is 1. The zero-order chi connectivity index (χ0) is 20.9. The molecule has 0 atom stereocenters. The van der Waals surface area contributed by atoms with Gasteiger partial charge < -0.3 is 14.8 Å². The minimum atomic E-state index is 0.238. The maximum atomic E-state index is 5.37. The Balaban J connectivity index is 1.63. The van der Waals surface area contributed by atoms with Crippen molar-refractivity contribution in [1.82, 2.24) is 20.3 Å². The normalized spacial score (nSPS) is 11.2. The summed E-state index contributed by atoms with van der Waals surface area (Å²) < 4.78 is 16.2. The number of rotatable bonds is 7. The van der Waals surface area contributed by atoms with Crippen molar-refractivity contribution in [2.45, 2.75) is 6.54 Å². The van der Waals surface area contributed by atoms with Gasteiger partial charge in [0.25, 0.3) is 0 Å².